The number of benzene rings is 2. The van der Waals surface area contributed by atoms with Crippen molar-refractivity contribution in [3.63, 3.8) is 0 Å². The van der Waals surface area contributed by atoms with Crippen molar-refractivity contribution in [2.45, 2.75) is 6.42 Å². The minimum absolute atomic E-state index is 0.143. The summed E-state index contributed by atoms with van der Waals surface area (Å²) in [5.41, 5.74) is 7.96. The van der Waals surface area contributed by atoms with Crippen LogP contribution in [-0.4, -0.2) is 41.3 Å². The maximum Gasteiger partial charge on any atom is 0.251 e. The fourth-order valence-electron chi connectivity index (χ4n) is 3.19. The molecular formula is C21H20FN5O2S. The van der Waals surface area contributed by atoms with Crippen LogP contribution in [0.25, 0.3) is 26.4 Å². The van der Waals surface area contributed by atoms with Gasteiger partial charge in [0.2, 0.25) is 0 Å². The summed E-state index contributed by atoms with van der Waals surface area (Å²) in [6.45, 7) is 1.06. The van der Waals surface area contributed by atoms with E-state index in [9.17, 15) is 14.0 Å². The van der Waals surface area contributed by atoms with Crippen LogP contribution in [0.2, 0.25) is 0 Å². The summed E-state index contributed by atoms with van der Waals surface area (Å²) >= 11 is 1.42. The summed E-state index contributed by atoms with van der Waals surface area (Å²) in [5.74, 6) is -1.00. The normalized spacial score (nSPS) is 11.2. The van der Waals surface area contributed by atoms with E-state index >= 15 is 0 Å². The van der Waals surface area contributed by atoms with Gasteiger partial charge in [-0.1, -0.05) is 11.3 Å². The first kappa shape index (κ1) is 20.0. The van der Waals surface area contributed by atoms with Crippen LogP contribution in [-0.2, 0) is 0 Å². The van der Waals surface area contributed by atoms with Gasteiger partial charge in [-0.15, -0.1) is 0 Å². The SMILES string of the molecule is CNC(=O)c1ccc(-c2cn3c(n2)sc2cc(C(=O)NCCCN)ccc23)c(F)c1. The number of carbonyl (C=O) groups excluding carboxylic acids is 2. The van der Waals surface area contributed by atoms with Gasteiger partial charge in [0, 0.05) is 36.5 Å². The van der Waals surface area contributed by atoms with Crippen molar-refractivity contribution in [3.05, 3.63) is 59.5 Å². The highest BCUT2D eigenvalue weighted by molar-refractivity contribution is 7.23. The number of nitrogens with zero attached hydrogens (tertiary/aromatic N) is 2. The van der Waals surface area contributed by atoms with E-state index in [4.69, 9.17) is 5.73 Å². The van der Waals surface area contributed by atoms with E-state index in [0.29, 0.717) is 34.9 Å². The summed E-state index contributed by atoms with van der Waals surface area (Å²) in [4.78, 5) is 29.2. The van der Waals surface area contributed by atoms with Crippen molar-refractivity contribution in [1.82, 2.24) is 20.0 Å². The fourth-order valence-corrected chi connectivity index (χ4v) is 4.23. The van der Waals surface area contributed by atoms with Crippen molar-refractivity contribution >= 4 is 38.3 Å². The van der Waals surface area contributed by atoms with E-state index in [2.05, 4.69) is 15.6 Å². The summed E-state index contributed by atoms with van der Waals surface area (Å²) in [7, 11) is 1.50. The molecule has 154 valence electrons. The number of thiazole rings is 1. The highest BCUT2D eigenvalue weighted by atomic mass is 32.1. The lowest BCUT2D eigenvalue weighted by molar-refractivity contribution is 0.0949. The van der Waals surface area contributed by atoms with Crippen LogP contribution in [0.4, 0.5) is 4.39 Å². The van der Waals surface area contributed by atoms with Gasteiger partial charge in [0.1, 0.15) is 5.82 Å². The molecule has 2 aromatic heterocycles. The fraction of sp³-hybridized carbons (Fsp3) is 0.190. The molecule has 4 rings (SSSR count). The molecule has 2 heterocycles. The largest absolute Gasteiger partial charge is 0.355 e. The highest BCUT2D eigenvalue weighted by Gasteiger charge is 2.16. The Kier molecular flexibility index (Phi) is 5.47. The first-order valence-electron chi connectivity index (χ1n) is 9.43. The number of rotatable bonds is 6. The molecule has 0 aliphatic rings. The van der Waals surface area contributed by atoms with Crippen LogP contribution in [0.15, 0.2) is 42.6 Å². The molecule has 0 radical (unpaired) electrons. The Morgan fingerprint density at radius 3 is 2.67 bits per heavy atom. The van der Waals surface area contributed by atoms with Gasteiger partial charge in [0.25, 0.3) is 11.8 Å². The second-order valence-corrected chi connectivity index (χ2v) is 7.74. The molecule has 9 heteroatoms. The molecule has 2 amide bonds. The zero-order chi connectivity index (χ0) is 21.3. The molecule has 0 unspecified atom stereocenters. The van der Waals surface area contributed by atoms with Crippen LogP contribution in [0.5, 0.6) is 0 Å². The van der Waals surface area contributed by atoms with Gasteiger partial charge in [0.15, 0.2) is 4.96 Å². The number of hydrogen-bond donors (Lipinski definition) is 3. The topological polar surface area (TPSA) is 102 Å². The monoisotopic (exact) mass is 425 g/mol. The van der Waals surface area contributed by atoms with E-state index in [0.717, 1.165) is 16.6 Å². The lowest BCUT2D eigenvalue weighted by atomic mass is 10.1. The minimum Gasteiger partial charge on any atom is -0.355 e. The predicted molar refractivity (Wildman–Crippen MR) is 115 cm³/mol. The Balaban J connectivity index is 1.65. The molecule has 0 spiro atoms. The molecule has 0 fully saturated rings. The molecule has 2 aromatic carbocycles. The number of fused-ring (bicyclic) bond motifs is 3. The Morgan fingerprint density at radius 2 is 1.93 bits per heavy atom. The molecule has 0 saturated carbocycles. The molecule has 7 nitrogen and oxygen atoms in total. The van der Waals surface area contributed by atoms with Gasteiger partial charge >= 0.3 is 0 Å². The van der Waals surface area contributed by atoms with E-state index in [1.165, 1.54) is 24.5 Å². The highest BCUT2D eigenvalue weighted by Crippen LogP contribution is 2.31. The number of carbonyl (C=O) groups is 2. The van der Waals surface area contributed by atoms with Gasteiger partial charge in [-0.3, -0.25) is 14.0 Å². The molecule has 0 aliphatic heterocycles. The third-order valence-electron chi connectivity index (χ3n) is 4.76. The average Bonchev–Trinajstić information content (AvgIpc) is 3.30. The second-order valence-electron chi connectivity index (χ2n) is 6.74. The Morgan fingerprint density at radius 1 is 1.17 bits per heavy atom. The number of amides is 2. The number of nitrogens with one attached hydrogen (secondary N) is 2. The summed E-state index contributed by atoms with van der Waals surface area (Å²) in [6, 6.07) is 9.76. The third-order valence-corrected chi connectivity index (χ3v) is 5.77. The van der Waals surface area contributed by atoms with Crippen molar-refractivity contribution < 1.29 is 14.0 Å². The van der Waals surface area contributed by atoms with Crippen LogP contribution >= 0.6 is 11.3 Å². The third kappa shape index (κ3) is 3.64. The van der Waals surface area contributed by atoms with E-state index in [1.54, 1.807) is 24.4 Å². The second kappa shape index (κ2) is 8.21. The number of aromatic nitrogens is 2. The zero-order valence-electron chi connectivity index (χ0n) is 16.2. The van der Waals surface area contributed by atoms with Gasteiger partial charge in [-0.25, -0.2) is 9.37 Å². The molecule has 0 saturated heterocycles. The lowest BCUT2D eigenvalue weighted by Crippen LogP contribution is -2.25. The van der Waals surface area contributed by atoms with E-state index < -0.39 is 5.82 Å². The standard InChI is InChI=1S/C21H20FN5O2S/c1-24-19(28)12-3-5-14(15(22)9-12)16-11-27-17-6-4-13(20(29)25-8-2-7-23)10-18(17)30-21(27)26-16/h3-6,9-11H,2,7-8,23H2,1H3,(H,24,28)(H,25,29). The smallest absolute Gasteiger partial charge is 0.251 e. The summed E-state index contributed by atoms with van der Waals surface area (Å²) in [5, 5.41) is 5.31. The van der Waals surface area contributed by atoms with Crippen LogP contribution in [0.3, 0.4) is 0 Å². The number of nitrogens with two attached hydrogens (primary N) is 1. The van der Waals surface area contributed by atoms with Crippen LogP contribution < -0.4 is 16.4 Å². The maximum atomic E-state index is 14.6. The van der Waals surface area contributed by atoms with Gasteiger partial charge in [-0.05, 0) is 49.4 Å². The molecule has 4 N–H and O–H groups in total. The number of halogens is 1. The van der Waals surface area contributed by atoms with Gasteiger partial charge < -0.3 is 16.4 Å². The van der Waals surface area contributed by atoms with E-state index in [-0.39, 0.29) is 17.4 Å². The zero-order valence-corrected chi connectivity index (χ0v) is 17.1. The van der Waals surface area contributed by atoms with Crippen LogP contribution in [0.1, 0.15) is 27.1 Å². The molecule has 0 aliphatic carbocycles. The van der Waals surface area contributed by atoms with Gasteiger partial charge in [0.05, 0.1) is 15.9 Å². The first-order valence-corrected chi connectivity index (χ1v) is 10.3. The lowest BCUT2D eigenvalue weighted by Gasteiger charge is -2.04. The predicted octanol–water partition coefficient (Wildman–Crippen LogP) is 2.79. The van der Waals surface area contributed by atoms with Crippen molar-refractivity contribution in [2.75, 3.05) is 20.1 Å². The van der Waals surface area contributed by atoms with Crippen molar-refractivity contribution in [3.8, 4) is 11.3 Å². The molecule has 4 aromatic rings. The Labute approximate surface area is 175 Å². The van der Waals surface area contributed by atoms with Crippen molar-refractivity contribution in [1.29, 1.82) is 0 Å². The Bertz CT molecular complexity index is 1260. The van der Waals surface area contributed by atoms with Crippen LogP contribution in [0, 0.1) is 5.82 Å². The summed E-state index contributed by atoms with van der Waals surface area (Å²) in [6.07, 6.45) is 2.48. The first-order chi connectivity index (χ1) is 14.5. The van der Waals surface area contributed by atoms with E-state index in [1.807, 2.05) is 16.5 Å². The summed E-state index contributed by atoms with van der Waals surface area (Å²) < 4.78 is 17.4. The number of imidazole rings is 1. The maximum absolute atomic E-state index is 14.6. The molecule has 0 atom stereocenters. The number of hydrogen-bond acceptors (Lipinski definition) is 5. The van der Waals surface area contributed by atoms with Gasteiger partial charge in [-0.2, -0.15) is 0 Å². The Hall–Kier alpha value is -3.30. The average molecular weight is 425 g/mol. The van der Waals surface area contributed by atoms with Crippen molar-refractivity contribution in [2.24, 2.45) is 5.73 Å². The molecular weight excluding hydrogens is 405 g/mol. The quantitative estimate of drug-likeness (QED) is 0.414. The molecule has 0 bridgehead atoms. The molecule has 30 heavy (non-hydrogen) atoms. The minimum atomic E-state index is -0.511.